The first-order valence-corrected chi connectivity index (χ1v) is 3.11. The highest BCUT2D eigenvalue weighted by Crippen LogP contribution is 2.07. The van der Waals surface area contributed by atoms with Crippen LogP contribution >= 0.6 is 0 Å². The van der Waals surface area contributed by atoms with Gasteiger partial charge in [-0.25, -0.2) is 0 Å². The predicted molar refractivity (Wildman–Crippen MR) is 40.8 cm³/mol. The molecule has 2 nitrogen and oxygen atoms in total. The van der Waals surface area contributed by atoms with Gasteiger partial charge in [-0.1, -0.05) is 23.7 Å². The minimum Gasteiger partial charge on any atom is -0.336 e. The molecule has 0 aromatic heterocycles. The van der Waals surface area contributed by atoms with Gasteiger partial charge in [-0.2, -0.15) is 0 Å². The third-order valence-electron chi connectivity index (χ3n) is 1.51. The Kier molecular flexibility index (Phi) is 1.03. The molecule has 3 heteroatoms. The summed E-state index contributed by atoms with van der Waals surface area (Å²) in [6.07, 6.45) is 0. The third-order valence-corrected chi connectivity index (χ3v) is 1.51. The number of amides is 1. The molecule has 1 aliphatic heterocycles. The number of rotatable bonds is 0. The van der Waals surface area contributed by atoms with Crippen molar-refractivity contribution in [2.24, 2.45) is 0 Å². The zero-order chi connectivity index (χ0) is 6.97. The zero-order valence-electron chi connectivity index (χ0n) is 5.29. The van der Waals surface area contributed by atoms with Crippen LogP contribution in [0.1, 0.15) is 0 Å². The molecule has 0 atom stereocenters. The lowest BCUT2D eigenvalue weighted by Gasteiger charge is -1.94. The van der Waals surface area contributed by atoms with E-state index in [0.717, 1.165) is 11.2 Å². The molecule has 2 rings (SSSR count). The number of fused-ring (bicyclic) bond motifs is 1. The summed E-state index contributed by atoms with van der Waals surface area (Å²) < 4.78 is 0. The second-order valence-corrected chi connectivity index (χ2v) is 2.22. The molecular weight excluding hydrogens is 125 g/mol. The van der Waals surface area contributed by atoms with E-state index in [1.165, 1.54) is 0 Å². The number of para-hydroxylation sites is 1. The molecule has 1 aromatic carbocycles. The van der Waals surface area contributed by atoms with E-state index in [-0.39, 0.29) is 5.81 Å². The average Bonchev–Trinajstić information content (AvgIpc) is 2.27. The lowest BCUT2D eigenvalue weighted by atomic mass is 9.72. The first kappa shape index (κ1) is 5.53. The molecule has 1 aliphatic rings. The van der Waals surface area contributed by atoms with E-state index in [4.69, 9.17) is 0 Å². The minimum absolute atomic E-state index is 0.0267. The maximum atomic E-state index is 10.7. The molecule has 0 fully saturated rings. The van der Waals surface area contributed by atoms with Crippen LogP contribution < -0.4 is 10.8 Å². The van der Waals surface area contributed by atoms with Gasteiger partial charge in [0.15, 0.2) is 5.81 Å². The van der Waals surface area contributed by atoms with Crippen LogP contribution in [-0.2, 0) is 0 Å². The van der Waals surface area contributed by atoms with Gasteiger partial charge in [0.1, 0.15) is 0 Å². The Hall–Kier alpha value is -1.25. The summed E-state index contributed by atoms with van der Waals surface area (Å²) >= 11 is 0. The summed E-state index contributed by atoms with van der Waals surface area (Å²) in [5.41, 5.74) is 1.89. The number of carbonyl (C=O) groups excluding carboxylic acids is 1. The predicted octanol–water partition coefficient (Wildman–Crippen LogP) is 0.562. The van der Waals surface area contributed by atoms with Crippen LogP contribution in [0.4, 0.5) is 10.5 Å². The van der Waals surface area contributed by atoms with E-state index in [1.54, 1.807) is 7.28 Å². The van der Waals surface area contributed by atoms with Gasteiger partial charge in [-0.05, 0) is 6.07 Å². The van der Waals surface area contributed by atoms with Crippen molar-refractivity contribution in [2.45, 2.75) is 0 Å². The SMILES string of the molecule is O=C1[B]c2ccccc2N1. The number of hydrogen-bond donors (Lipinski definition) is 1. The summed E-state index contributed by atoms with van der Waals surface area (Å²) in [6, 6.07) is 7.61. The lowest BCUT2D eigenvalue weighted by molar-refractivity contribution is 0.269. The molecule has 0 spiro atoms. The smallest absolute Gasteiger partial charge is 0.274 e. The Labute approximate surface area is 59.5 Å². The van der Waals surface area contributed by atoms with E-state index < -0.39 is 0 Å². The lowest BCUT2D eigenvalue weighted by Crippen LogP contribution is -2.14. The number of hydrogen-bond acceptors (Lipinski definition) is 1. The van der Waals surface area contributed by atoms with Crippen molar-refractivity contribution in [3.05, 3.63) is 24.3 Å². The molecule has 0 aliphatic carbocycles. The molecular formula is C7H5BNO. The van der Waals surface area contributed by atoms with E-state index in [1.807, 2.05) is 24.3 Å². The van der Waals surface area contributed by atoms with E-state index >= 15 is 0 Å². The molecule has 1 aromatic rings. The van der Waals surface area contributed by atoms with Crippen LogP contribution in [0.15, 0.2) is 24.3 Å². The summed E-state index contributed by atoms with van der Waals surface area (Å²) in [5, 5.41) is 2.70. The fourth-order valence-corrected chi connectivity index (χ4v) is 1.05. The highest BCUT2D eigenvalue weighted by molar-refractivity contribution is 6.89. The standard InChI is InChI=1S/C7H5BNO/c10-7-8-5-3-1-2-4-6(5)9-7/h1-4H,(H,9,10). The second-order valence-electron chi connectivity index (χ2n) is 2.22. The van der Waals surface area contributed by atoms with Gasteiger partial charge in [0.2, 0.25) is 0 Å². The Morgan fingerprint density at radius 3 is 2.90 bits per heavy atom. The molecule has 1 radical (unpaired) electrons. The largest absolute Gasteiger partial charge is 0.336 e. The molecule has 0 saturated heterocycles. The van der Waals surface area contributed by atoms with Gasteiger partial charge >= 0.3 is 0 Å². The molecule has 0 unspecified atom stereocenters. The molecule has 1 amide bonds. The van der Waals surface area contributed by atoms with Gasteiger partial charge in [0.05, 0.1) is 0 Å². The van der Waals surface area contributed by atoms with Crippen LogP contribution in [-0.4, -0.2) is 13.1 Å². The second kappa shape index (κ2) is 1.87. The van der Waals surface area contributed by atoms with Gasteiger partial charge < -0.3 is 5.32 Å². The zero-order valence-corrected chi connectivity index (χ0v) is 5.29. The van der Waals surface area contributed by atoms with Crippen LogP contribution in [0.3, 0.4) is 0 Å². The number of nitrogens with one attached hydrogen (secondary N) is 1. The van der Waals surface area contributed by atoms with Crippen molar-refractivity contribution in [1.29, 1.82) is 0 Å². The van der Waals surface area contributed by atoms with Crippen molar-refractivity contribution >= 4 is 24.2 Å². The van der Waals surface area contributed by atoms with Gasteiger partial charge in [-0.3, -0.25) is 4.79 Å². The van der Waals surface area contributed by atoms with Gasteiger partial charge in [0, 0.05) is 5.69 Å². The molecule has 47 valence electrons. The first-order valence-electron chi connectivity index (χ1n) is 3.11. The molecule has 10 heavy (non-hydrogen) atoms. The van der Waals surface area contributed by atoms with Gasteiger partial charge in [0.25, 0.3) is 7.28 Å². The fourth-order valence-electron chi connectivity index (χ4n) is 1.05. The molecule has 0 saturated carbocycles. The molecule has 1 N–H and O–H groups in total. The van der Waals surface area contributed by atoms with Crippen LogP contribution in [0.25, 0.3) is 0 Å². The quantitative estimate of drug-likeness (QED) is 0.510. The monoisotopic (exact) mass is 130 g/mol. The van der Waals surface area contributed by atoms with Crippen molar-refractivity contribution in [3.63, 3.8) is 0 Å². The van der Waals surface area contributed by atoms with Crippen molar-refractivity contribution in [3.8, 4) is 0 Å². The number of anilines is 1. The van der Waals surface area contributed by atoms with Crippen LogP contribution in [0, 0.1) is 0 Å². The maximum absolute atomic E-state index is 10.7. The van der Waals surface area contributed by atoms with E-state index in [2.05, 4.69) is 5.32 Å². The summed E-state index contributed by atoms with van der Waals surface area (Å²) in [6.45, 7) is 0. The topological polar surface area (TPSA) is 29.1 Å². The highest BCUT2D eigenvalue weighted by atomic mass is 16.1. The van der Waals surface area contributed by atoms with Crippen molar-refractivity contribution in [2.75, 3.05) is 5.32 Å². The summed E-state index contributed by atoms with van der Waals surface area (Å²) in [7, 11) is 1.59. The Morgan fingerprint density at radius 2 is 2.10 bits per heavy atom. The Bertz CT molecular complexity index is 258. The van der Waals surface area contributed by atoms with Crippen LogP contribution in [0.2, 0.25) is 0 Å². The fraction of sp³-hybridized carbons (Fsp3) is 0. The Balaban J connectivity index is 2.51. The van der Waals surface area contributed by atoms with Gasteiger partial charge in [-0.15, -0.1) is 0 Å². The summed E-state index contributed by atoms with van der Waals surface area (Å²) in [4.78, 5) is 10.7. The molecule has 1 heterocycles. The number of benzene rings is 1. The first-order chi connectivity index (χ1) is 4.86. The van der Waals surface area contributed by atoms with E-state index in [0.29, 0.717) is 0 Å². The molecule has 0 bridgehead atoms. The average molecular weight is 130 g/mol. The Morgan fingerprint density at radius 1 is 1.30 bits per heavy atom. The summed E-state index contributed by atoms with van der Waals surface area (Å²) in [5.74, 6) is -0.0267. The van der Waals surface area contributed by atoms with Crippen molar-refractivity contribution in [1.82, 2.24) is 0 Å². The minimum atomic E-state index is -0.0267. The maximum Gasteiger partial charge on any atom is 0.274 e. The highest BCUT2D eigenvalue weighted by Gasteiger charge is 2.17. The third kappa shape index (κ3) is 0.710. The van der Waals surface area contributed by atoms with Crippen LogP contribution in [0.5, 0.6) is 0 Å². The van der Waals surface area contributed by atoms with E-state index in [9.17, 15) is 4.79 Å². The normalized spacial score (nSPS) is 13.8. The van der Waals surface area contributed by atoms with Crippen molar-refractivity contribution < 1.29 is 4.79 Å². The number of carbonyl (C=O) groups is 1.